The van der Waals surface area contributed by atoms with Crippen molar-refractivity contribution in [3.8, 4) is 0 Å². The standard InChI is InChI=1S/C12H20N2O/c1-2-5-11-8-12(15)14(9-11)10-13-6-3-4-7-13/h3-4,6-7,11-12,15H,2,5,8-10H2,1H3. The summed E-state index contributed by atoms with van der Waals surface area (Å²) in [5.74, 6) is 0.681. The summed E-state index contributed by atoms with van der Waals surface area (Å²) in [5.41, 5.74) is 0. The van der Waals surface area contributed by atoms with E-state index in [0.717, 1.165) is 19.6 Å². The Labute approximate surface area is 91.3 Å². The molecule has 2 rings (SSSR count). The zero-order chi connectivity index (χ0) is 10.7. The molecule has 3 heteroatoms. The molecule has 0 saturated carbocycles. The van der Waals surface area contributed by atoms with Crippen LogP contribution in [0.15, 0.2) is 24.5 Å². The minimum Gasteiger partial charge on any atom is -0.378 e. The normalized spacial score (nSPS) is 27.3. The van der Waals surface area contributed by atoms with Gasteiger partial charge in [0.05, 0.1) is 6.67 Å². The molecule has 2 heterocycles. The van der Waals surface area contributed by atoms with E-state index in [9.17, 15) is 5.11 Å². The molecule has 1 aliphatic rings. The Hall–Kier alpha value is -0.800. The molecular weight excluding hydrogens is 188 g/mol. The summed E-state index contributed by atoms with van der Waals surface area (Å²) in [4.78, 5) is 2.15. The van der Waals surface area contributed by atoms with Crippen molar-refractivity contribution in [2.45, 2.75) is 39.1 Å². The van der Waals surface area contributed by atoms with Gasteiger partial charge in [-0.25, -0.2) is 0 Å². The second kappa shape index (κ2) is 4.81. The minimum atomic E-state index is -0.246. The lowest BCUT2D eigenvalue weighted by molar-refractivity contribution is 0.0177. The number of hydrogen-bond acceptors (Lipinski definition) is 2. The summed E-state index contributed by atoms with van der Waals surface area (Å²) in [6.07, 6.45) is 7.23. The average molecular weight is 208 g/mol. The van der Waals surface area contributed by atoms with Gasteiger partial charge in [0.25, 0.3) is 0 Å². The van der Waals surface area contributed by atoms with Crippen LogP contribution in [0.2, 0.25) is 0 Å². The molecule has 0 amide bonds. The van der Waals surface area contributed by atoms with Gasteiger partial charge in [-0.3, -0.25) is 4.90 Å². The van der Waals surface area contributed by atoms with E-state index >= 15 is 0 Å². The molecule has 1 aliphatic heterocycles. The maximum absolute atomic E-state index is 9.90. The van der Waals surface area contributed by atoms with Crippen molar-refractivity contribution < 1.29 is 5.11 Å². The number of aliphatic hydroxyl groups is 1. The van der Waals surface area contributed by atoms with Crippen LogP contribution >= 0.6 is 0 Å². The van der Waals surface area contributed by atoms with Gasteiger partial charge in [0.15, 0.2) is 0 Å². The Bertz CT molecular complexity index is 284. The van der Waals surface area contributed by atoms with E-state index in [0.29, 0.717) is 5.92 Å². The molecule has 0 aromatic carbocycles. The predicted molar refractivity (Wildman–Crippen MR) is 60.2 cm³/mol. The lowest BCUT2D eigenvalue weighted by Crippen LogP contribution is -2.30. The van der Waals surface area contributed by atoms with Gasteiger partial charge >= 0.3 is 0 Å². The molecule has 1 aromatic heterocycles. The SMILES string of the molecule is CCCC1CC(O)N(Cn2cccc2)C1. The van der Waals surface area contributed by atoms with Crippen molar-refractivity contribution in [1.82, 2.24) is 9.47 Å². The highest BCUT2D eigenvalue weighted by Gasteiger charge is 2.29. The third-order valence-electron chi connectivity index (χ3n) is 3.17. The zero-order valence-electron chi connectivity index (χ0n) is 9.34. The van der Waals surface area contributed by atoms with Crippen LogP contribution in [0.4, 0.5) is 0 Å². The Morgan fingerprint density at radius 2 is 2.07 bits per heavy atom. The summed E-state index contributed by atoms with van der Waals surface area (Å²) in [7, 11) is 0. The van der Waals surface area contributed by atoms with Crippen LogP contribution < -0.4 is 0 Å². The summed E-state index contributed by atoms with van der Waals surface area (Å²) >= 11 is 0. The third kappa shape index (κ3) is 2.61. The number of rotatable bonds is 4. The van der Waals surface area contributed by atoms with Crippen molar-refractivity contribution in [2.75, 3.05) is 6.54 Å². The van der Waals surface area contributed by atoms with E-state index < -0.39 is 0 Å². The van der Waals surface area contributed by atoms with Gasteiger partial charge < -0.3 is 9.67 Å². The maximum Gasteiger partial charge on any atom is 0.109 e. The molecule has 0 aliphatic carbocycles. The summed E-state index contributed by atoms with van der Waals surface area (Å²) in [5, 5.41) is 9.90. The first-order valence-electron chi connectivity index (χ1n) is 5.82. The molecular formula is C12H20N2O. The van der Waals surface area contributed by atoms with Crippen LogP contribution in [-0.2, 0) is 6.67 Å². The van der Waals surface area contributed by atoms with Gasteiger partial charge in [0, 0.05) is 18.9 Å². The second-order valence-corrected chi connectivity index (χ2v) is 4.48. The lowest BCUT2D eigenvalue weighted by atomic mass is 10.0. The molecule has 1 aromatic rings. The Balaban J connectivity index is 1.88. The third-order valence-corrected chi connectivity index (χ3v) is 3.17. The molecule has 2 unspecified atom stereocenters. The average Bonchev–Trinajstić information content (AvgIpc) is 2.79. The zero-order valence-corrected chi connectivity index (χ0v) is 9.34. The molecule has 1 N–H and O–H groups in total. The Kier molecular flexibility index (Phi) is 3.44. The smallest absolute Gasteiger partial charge is 0.109 e. The maximum atomic E-state index is 9.90. The second-order valence-electron chi connectivity index (χ2n) is 4.48. The first-order valence-corrected chi connectivity index (χ1v) is 5.82. The molecule has 1 saturated heterocycles. The number of nitrogens with zero attached hydrogens (tertiary/aromatic N) is 2. The monoisotopic (exact) mass is 208 g/mol. The fourth-order valence-electron chi connectivity index (χ4n) is 2.42. The molecule has 3 nitrogen and oxygen atoms in total. The minimum absolute atomic E-state index is 0.246. The summed E-state index contributed by atoms with van der Waals surface area (Å²) in [6.45, 7) is 4.06. The number of aromatic nitrogens is 1. The molecule has 0 radical (unpaired) electrons. The van der Waals surface area contributed by atoms with Crippen LogP contribution in [0.25, 0.3) is 0 Å². The van der Waals surface area contributed by atoms with Crippen LogP contribution in [0.1, 0.15) is 26.2 Å². The van der Waals surface area contributed by atoms with Gasteiger partial charge in [-0.15, -0.1) is 0 Å². The Morgan fingerprint density at radius 3 is 2.73 bits per heavy atom. The van der Waals surface area contributed by atoms with Crippen molar-refractivity contribution in [2.24, 2.45) is 5.92 Å². The molecule has 2 atom stereocenters. The van der Waals surface area contributed by atoms with Crippen LogP contribution in [0, 0.1) is 5.92 Å². The molecule has 0 bridgehead atoms. The fraction of sp³-hybridized carbons (Fsp3) is 0.667. The quantitative estimate of drug-likeness (QED) is 0.818. The summed E-state index contributed by atoms with van der Waals surface area (Å²) < 4.78 is 2.11. The first-order chi connectivity index (χ1) is 7.29. The van der Waals surface area contributed by atoms with Crippen LogP contribution in [-0.4, -0.2) is 27.3 Å². The van der Waals surface area contributed by atoms with Gasteiger partial charge in [-0.2, -0.15) is 0 Å². The van der Waals surface area contributed by atoms with E-state index in [1.165, 1.54) is 12.8 Å². The van der Waals surface area contributed by atoms with Gasteiger partial charge in [0.1, 0.15) is 6.23 Å². The Morgan fingerprint density at radius 1 is 1.33 bits per heavy atom. The van der Waals surface area contributed by atoms with Crippen molar-refractivity contribution >= 4 is 0 Å². The number of likely N-dealkylation sites (tertiary alicyclic amines) is 1. The number of aliphatic hydroxyl groups excluding tert-OH is 1. The van der Waals surface area contributed by atoms with Gasteiger partial charge in [0.2, 0.25) is 0 Å². The predicted octanol–water partition coefficient (Wildman–Crippen LogP) is 1.89. The van der Waals surface area contributed by atoms with E-state index in [4.69, 9.17) is 0 Å². The summed E-state index contributed by atoms with van der Waals surface area (Å²) in [6, 6.07) is 4.04. The largest absolute Gasteiger partial charge is 0.378 e. The van der Waals surface area contributed by atoms with Crippen molar-refractivity contribution in [3.63, 3.8) is 0 Å². The van der Waals surface area contributed by atoms with Crippen molar-refractivity contribution in [3.05, 3.63) is 24.5 Å². The molecule has 15 heavy (non-hydrogen) atoms. The molecule has 84 valence electrons. The van der Waals surface area contributed by atoms with E-state index in [2.05, 4.69) is 16.4 Å². The number of hydrogen-bond donors (Lipinski definition) is 1. The molecule has 0 spiro atoms. The van der Waals surface area contributed by atoms with E-state index in [1.807, 2.05) is 24.5 Å². The topological polar surface area (TPSA) is 28.4 Å². The fourth-order valence-corrected chi connectivity index (χ4v) is 2.42. The van der Waals surface area contributed by atoms with Crippen LogP contribution in [0.5, 0.6) is 0 Å². The van der Waals surface area contributed by atoms with E-state index in [1.54, 1.807) is 0 Å². The first kappa shape index (κ1) is 10.7. The van der Waals surface area contributed by atoms with Gasteiger partial charge in [-0.1, -0.05) is 13.3 Å². The highest BCUT2D eigenvalue weighted by Crippen LogP contribution is 2.25. The van der Waals surface area contributed by atoms with Gasteiger partial charge in [-0.05, 0) is 30.9 Å². The van der Waals surface area contributed by atoms with Crippen LogP contribution in [0.3, 0.4) is 0 Å². The molecule has 1 fully saturated rings. The highest BCUT2D eigenvalue weighted by atomic mass is 16.3. The van der Waals surface area contributed by atoms with E-state index in [-0.39, 0.29) is 6.23 Å². The van der Waals surface area contributed by atoms with Crippen molar-refractivity contribution in [1.29, 1.82) is 0 Å². The highest BCUT2D eigenvalue weighted by molar-refractivity contribution is 4.90. The lowest BCUT2D eigenvalue weighted by Gasteiger charge is -2.20.